The molecule has 1 atom stereocenters. The summed E-state index contributed by atoms with van der Waals surface area (Å²) in [6.45, 7) is 5.36. The second kappa shape index (κ2) is 5.57. The Morgan fingerprint density at radius 1 is 1.40 bits per heavy atom. The van der Waals surface area contributed by atoms with E-state index in [0.717, 1.165) is 45.2 Å². The molecule has 2 aliphatic rings. The Bertz CT molecular complexity index is 492. The van der Waals surface area contributed by atoms with Gasteiger partial charge < -0.3 is 14.4 Å². The summed E-state index contributed by atoms with van der Waals surface area (Å²) >= 11 is 0. The van der Waals surface area contributed by atoms with Gasteiger partial charge in [0.2, 0.25) is 0 Å². The van der Waals surface area contributed by atoms with Crippen LogP contribution in [0, 0.1) is 12.3 Å². The lowest BCUT2D eigenvalue weighted by atomic mass is 9.82. The third-order valence-electron chi connectivity index (χ3n) is 4.56. The van der Waals surface area contributed by atoms with Crippen LogP contribution < -0.4 is 4.90 Å². The number of aryl methyl sites for hydroxylation is 2. The van der Waals surface area contributed by atoms with Gasteiger partial charge in [0, 0.05) is 25.4 Å². The minimum absolute atomic E-state index is 0.308. The first-order valence-electron chi connectivity index (χ1n) is 7.61. The zero-order valence-corrected chi connectivity index (χ0v) is 12.2. The highest BCUT2D eigenvalue weighted by Gasteiger charge is 2.35. The van der Waals surface area contributed by atoms with Crippen molar-refractivity contribution in [3.8, 4) is 0 Å². The molecule has 3 heteroatoms. The quantitative estimate of drug-likeness (QED) is 0.793. The van der Waals surface area contributed by atoms with Crippen molar-refractivity contribution in [1.82, 2.24) is 0 Å². The molecule has 1 aromatic rings. The van der Waals surface area contributed by atoms with Crippen LogP contribution in [0.3, 0.4) is 0 Å². The number of carbonyl (C=O) groups excluding carboxylic acids is 1. The molecule has 0 amide bonds. The molecular formula is C17H23NO2. The van der Waals surface area contributed by atoms with Gasteiger partial charge in [0.25, 0.3) is 0 Å². The molecule has 108 valence electrons. The Hall–Kier alpha value is -1.35. The zero-order valence-electron chi connectivity index (χ0n) is 12.2. The molecule has 0 N–H and O–H groups in total. The van der Waals surface area contributed by atoms with Gasteiger partial charge in [0.15, 0.2) is 0 Å². The molecule has 2 aliphatic heterocycles. The Morgan fingerprint density at radius 2 is 2.30 bits per heavy atom. The van der Waals surface area contributed by atoms with E-state index < -0.39 is 0 Å². The van der Waals surface area contributed by atoms with Crippen LogP contribution in [0.25, 0.3) is 0 Å². The maximum Gasteiger partial charge on any atom is 0.130 e. The zero-order chi connectivity index (χ0) is 14.0. The first-order chi connectivity index (χ1) is 9.72. The molecule has 2 heterocycles. The summed E-state index contributed by atoms with van der Waals surface area (Å²) in [6, 6.07) is 6.67. The number of nitrogens with zero attached hydrogens (tertiary/aromatic N) is 1. The van der Waals surface area contributed by atoms with Crippen LogP contribution in [0.15, 0.2) is 18.2 Å². The van der Waals surface area contributed by atoms with E-state index >= 15 is 0 Å². The number of carbonyl (C=O) groups is 1. The molecule has 0 aliphatic carbocycles. The highest BCUT2D eigenvalue weighted by Crippen LogP contribution is 2.33. The topological polar surface area (TPSA) is 29.5 Å². The van der Waals surface area contributed by atoms with E-state index in [-0.39, 0.29) is 5.41 Å². The summed E-state index contributed by atoms with van der Waals surface area (Å²) in [7, 11) is 0. The first-order valence-corrected chi connectivity index (χ1v) is 7.61. The van der Waals surface area contributed by atoms with Crippen LogP contribution in [-0.4, -0.2) is 32.6 Å². The number of hydrogen-bond donors (Lipinski definition) is 0. The van der Waals surface area contributed by atoms with Gasteiger partial charge in [-0.15, -0.1) is 0 Å². The largest absolute Gasteiger partial charge is 0.380 e. The molecule has 1 unspecified atom stereocenters. The normalized spacial score (nSPS) is 26.1. The van der Waals surface area contributed by atoms with Crippen molar-refractivity contribution >= 4 is 12.0 Å². The van der Waals surface area contributed by atoms with Crippen LogP contribution in [-0.2, 0) is 16.0 Å². The second-order valence-electron chi connectivity index (χ2n) is 6.29. The minimum Gasteiger partial charge on any atom is -0.380 e. The van der Waals surface area contributed by atoms with Crippen LogP contribution in [0.1, 0.15) is 30.4 Å². The summed E-state index contributed by atoms with van der Waals surface area (Å²) in [5.74, 6) is 0. The highest BCUT2D eigenvalue weighted by atomic mass is 16.5. The number of fused-ring (bicyclic) bond motifs is 1. The smallest absolute Gasteiger partial charge is 0.130 e. The molecular weight excluding hydrogens is 250 g/mol. The van der Waals surface area contributed by atoms with E-state index in [0.29, 0.717) is 6.61 Å². The monoisotopic (exact) mass is 273 g/mol. The van der Waals surface area contributed by atoms with Gasteiger partial charge in [-0.2, -0.15) is 0 Å². The highest BCUT2D eigenvalue weighted by molar-refractivity contribution is 5.64. The number of rotatable bonds is 3. The van der Waals surface area contributed by atoms with Gasteiger partial charge in [-0.1, -0.05) is 17.7 Å². The van der Waals surface area contributed by atoms with Gasteiger partial charge in [-0.3, -0.25) is 0 Å². The molecule has 1 saturated heterocycles. The summed E-state index contributed by atoms with van der Waals surface area (Å²) in [6.07, 6.45) is 5.40. The van der Waals surface area contributed by atoms with E-state index in [1.165, 1.54) is 23.2 Å². The molecule has 0 bridgehead atoms. The summed E-state index contributed by atoms with van der Waals surface area (Å²) < 4.78 is 5.57. The van der Waals surface area contributed by atoms with E-state index in [4.69, 9.17) is 4.74 Å². The number of benzene rings is 1. The Kier molecular flexibility index (Phi) is 3.79. The number of anilines is 1. The fourth-order valence-corrected chi connectivity index (χ4v) is 3.48. The van der Waals surface area contributed by atoms with Crippen molar-refractivity contribution in [3.63, 3.8) is 0 Å². The van der Waals surface area contributed by atoms with Gasteiger partial charge in [0.1, 0.15) is 6.29 Å². The van der Waals surface area contributed by atoms with Crippen LogP contribution in [0.2, 0.25) is 0 Å². The molecule has 1 fully saturated rings. The van der Waals surface area contributed by atoms with Crippen LogP contribution in [0.4, 0.5) is 5.69 Å². The van der Waals surface area contributed by atoms with E-state index in [1.807, 2.05) is 0 Å². The number of aldehydes is 1. The van der Waals surface area contributed by atoms with Crippen molar-refractivity contribution in [2.45, 2.75) is 32.6 Å². The molecule has 20 heavy (non-hydrogen) atoms. The predicted octanol–water partition coefficient (Wildman–Crippen LogP) is 2.74. The van der Waals surface area contributed by atoms with E-state index in [1.54, 1.807) is 0 Å². The SMILES string of the molecule is Cc1ccc2c(c1)CCCN2CC1(C=O)CCCOC1. The first kappa shape index (κ1) is 13.6. The van der Waals surface area contributed by atoms with Crippen molar-refractivity contribution in [2.75, 3.05) is 31.2 Å². The Balaban J connectivity index is 1.83. The molecule has 0 aromatic heterocycles. The molecule has 3 rings (SSSR count). The standard InChI is InChI=1S/C17H23NO2/c1-14-5-6-16-15(10-14)4-2-8-18(16)11-17(12-19)7-3-9-20-13-17/h5-6,10,12H,2-4,7-9,11,13H2,1H3. The molecule has 0 radical (unpaired) electrons. The molecule has 0 saturated carbocycles. The van der Waals surface area contributed by atoms with Crippen molar-refractivity contribution in [3.05, 3.63) is 29.3 Å². The van der Waals surface area contributed by atoms with E-state index in [2.05, 4.69) is 30.0 Å². The van der Waals surface area contributed by atoms with Crippen molar-refractivity contribution in [2.24, 2.45) is 5.41 Å². The lowest BCUT2D eigenvalue weighted by Crippen LogP contribution is -2.46. The molecule has 1 aromatic carbocycles. The number of hydrogen-bond acceptors (Lipinski definition) is 3. The van der Waals surface area contributed by atoms with Crippen molar-refractivity contribution < 1.29 is 9.53 Å². The lowest BCUT2D eigenvalue weighted by molar-refractivity contribution is -0.122. The maximum absolute atomic E-state index is 11.6. The minimum atomic E-state index is -0.308. The maximum atomic E-state index is 11.6. The van der Waals surface area contributed by atoms with Gasteiger partial charge in [0.05, 0.1) is 12.0 Å². The predicted molar refractivity (Wildman–Crippen MR) is 80.3 cm³/mol. The average Bonchev–Trinajstić information content (AvgIpc) is 2.48. The van der Waals surface area contributed by atoms with Gasteiger partial charge in [-0.05, 0) is 44.2 Å². The lowest BCUT2D eigenvalue weighted by Gasteiger charge is -2.40. The number of ether oxygens (including phenoxy) is 1. The molecule has 3 nitrogen and oxygen atoms in total. The fraction of sp³-hybridized carbons (Fsp3) is 0.588. The third kappa shape index (κ3) is 2.59. The Labute approximate surface area is 120 Å². The summed E-state index contributed by atoms with van der Waals surface area (Å²) in [5, 5.41) is 0. The van der Waals surface area contributed by atoms with Crippen LogP contribution >= 0.6 is 0 Å². The second-order valence-corrected chi connectivity index (χ2v) is 6.29. The van der Waals surface area contributed by atoms with Crippen LogP contribution in [0.5, 0.6) is 0 Å². The van der Waals surface area contributed by atoms with Crippen molar-refractivity contribution in [1.29, 1.82) is 0 Å². The summed E-state index contributed by atoms with van der Waals surface area (Å²) in [4.78, 5) is 14.0. The Morgan fingerprint density at radius 3 is 3.05 bits per heavy atom. The fourth-order valence-electron chi connectivity index (χ4n) is 3.48. The molecule has 0 spiro atoms. The average molecular weight is 273 g/mol. The summed E-state index contributed by atoms with van der Waals surface area (Å²) in [5.41, 5.74) is 3.75. The van der Waals surface area contributed by atoms with E-state index in [9.17, 15) is 4.79 Å². The van der Waals surface area contributed by atoms with Gasteiger partial charge in [-0.25, -0.2) is 0 Å². The third-order valence-corrected chi connectivity index (χ3v) is 4.56. The van der Waals surface area contributed by atoms with Gasteiger partial charge >= 0.3 is 0 Å².